The Kier molecular flexibility index (Phi) is 5.52. The number of rotatable bonds is 4. The highest BCUT2D eigenvalue weighted by atomic mass is 32.1. The van der Waals surface area contributed by atoms with Gasteiger partial charge in [-0.1, -0.05) is 18.2 Å². The second-order valence-electron chi connectivity index (χ2n) is 5.62. The lowest BCUT2D eigenvalue weighted by atomic mass is 10.1. The maximum absolute atomic E-state index is 12.5. The van der Waals surface area contributed by atoms with E-state index in [2.05, 4.69) is 4.98 Å². The van der Waals surface area contributed by atoms with Crippen LogP contribution in [0.4, 0.5) is 5.69 Å². The molecule has 0 aliphatic carbocycles. The summed E-state index contributed by atoms with van der Waals surface area (Å²) < 4.78 is 9.75. The average molecular weight is 382 g/mol. The number of hydrogen-bond acceptors (Lipinski definition) is 7. The van der Waals surface area contributed by atoms with Crippen molar-refractivity contribution >= 4 is 29.0 Å². The molecule has 27 heavy (non-hydrogen) atoms. The molecule has 1 aliphatic rings. The lowest BCUT2D eigenvalue weighted by molar-refractivity contribution is -0.139. The molecule has 0 amide bonds. The van der Waals surface area contributed by atoms with Crippen molar-refractivity contribution < 1.29 is 19.1 Å². The zero-order chi connectivity index (χ0) is 19.4. The number of nitrogens with zero attached hydrogens (tertiary/aromatic N) is 2. The molecule has 2 heterocycles. The Labute approximate surface area is 161 Å². The molecule has 0 spiro atoms. The van der Waals surface area contributed by atoms with Crippen LogP contribution < -0.4 is 4.90 Å². The summed E-state index contributed by atoms with van der Waals surface area (Å²) in [5.41, 5.74) is 2.66. The van der Waals surface area contributed by atoms with Gasteiger partial charge in [-0.3, -0.25) is 0 Å². The predicted octanol–water partition coefficient (Wildman–Crippen LogP) is 3.61. The lowest BCUT2D eigenvalue weighted by Crippen LogP contribution is -2.26. The van der Waals surface area contributed by atoms with Crippen molar-refractivity contribution in [1.29, 1.82) is 0 Å². The van der Waals surface area contributed by atoms with E-state index in [0.29, 0.717) is 5.69 Å². The number of methoxy groups -OCH3 is 2. The molecular formula is C20H18N2O4S. The molecule has 1 aliphatic heterocycles. The summed E-state index contributed by atoms with van der Waals surface area (Å²) in [7, 11) is 2.54. The number of aryl methyl sites for hydroxylation is 1. The number of esters is 2. The van der Waals surface area contributed by atoms with Gasteiger partial charge >= 0.3 is 11.9 Å². The number of anilines is 1. The molecule has 0 saturated carbocycles. The van der Waals surface area contributed by atoms with Crippen molar-refractivity contribution in [2.45, 2.75) is 6.92 Å². The minimum atomic E-state index is -0.637. The number of aromatic nitrogens is 1. The lowest BCUT2D eigenvalue weighted by Gasteiger charge is -2.23. The first-order valence-electron chi connectivity index (χ1n) is 8.12. The largest absolute Gasteiger partial charge is 0.465 e. The fourth-order valence-corrected chi connectivity index (χ4v) is 3.30. The second kappa shape index (κ2) is 8.01. The molecule has 2 aromatic rings. The van der Waals surface area contributed by atoms with Gasteiger partial charge in [0, 0.05) is 22.8 Å². The Morgan fingerprint density at radius 3 is 2.56 bits per heavy atom. The van der Waals surface area contributed by atoms with E-state index in [9.17, 15) is 9.59 Å². The van der Waals surface area contributed by atoms with Crippen molar-refractivity contribution in [2.24, 2.45) is 0 Å². The van der Waals surface area contributed by atoms with E-state index in [1.165, 1.54) is 20.3 Å². The highest BCUT2D eigenvalue weighted by molar-refractivity contribution is 7.09. The number of thiazole rings is 1. The van der Waals surface area contributed by atoms with Crippen molar-refractivity contribution in [3.63, 3.8) is 0 Å². The molecule has 0 saturated heterocycles. The molecule has 6 nitrogen and oxygen atoms in total. The van der Waals surface area contributed by atoms with Gasteiger partial charge in [0.25, 0.3) is 0 Å². The molecular weight excluding hydrogens is 364 g/mol. The van der Waals surface area contributed by atoms with Crippen LogP contribution >= 0.6 is 11.3 Å². The van der Waals surface area contributed by atoms with E-state index in [4.69, 9.17) is 9.47 Å². The summed E-state index contributed by atoms with van der Waals surface area (Å²) in [4.78, 5) is 30.8. The standard InChI is InChI=1S/C20H18N2O4S/c1-13-21-17(12-27-13)14-7-6-8-15(11-14)22-10-5-4-9-16(19(23)25-2)18(22)20(24)26-3/h4-12H,1-3H3. The summed E-state index contributed by atoms with van der Waals surface area (Å²) in [5, 5.41) is 2.95. The van der Waals surface area contributed by atoms with Crippen molar-refractivity contribution in [1.82, 2.24) is 4.98 Å². The minimum absolute atomic E-state index is 0.0842. The van der Waals surface area contributed by atoms with E-state index in [-0.39, 0.29) is 11.3 Å². The Morgan fingerprint density at radius 2 is 1.89 bits per heavy atom. The molecule has 0 atom stereocenters. The van der Waals surface area contributed by atoms with E-state index in [0.717, 1.165) is 16.3 Å². The number of carbonyl (C=O) groups is 2. The number of hydrogen-bond donors (Lipinski definition) is 0. The average Bonchev–Trinajstić information content (AvgIpc) is 3.01. The summed E-state index contributed by atoms with van der Waals surface area (Å²) in [6.07, 6.45) is 6.63. The molecule has 7 heteroatoms. The topological polar surface area (TPSA) is 68.7 Å². The fourth-order valence-electron chi connectivity index (χ4n) is 2.68. The van der Waals surface area contributed by atoms with Gasteiger partial charge in [0.05, 0.1) is 30.5 Å². The van der Waals surface area contributed by atoms with Gasteiger partial charge in [-0.15, -0.1) is 11.3 Å². The second-order valence-corrected chi connectivity index (χ2v) is 6.68. The maximum atomic E-state index is 12.5. The number of allylic oxidation sites excluding steroid dienone is 2. The van der Waals surface area contributed by atoms with E-state index < -0.39 is 11.9 Å². The highest BCUT2D eigenvalue weighted by Gasteiger charge is 2.27. The van der Waals surface area contributed by atoms with Crippen LogP contribution in [0.5, 0.6) is 0 Å². The molecule has 0 bridgehead atoms. The summed E-state index contributed by atoms with van der Waals surface area (Å²) in [6, 6.07) is 7.57. The molecule has 138 valence electrons. The fraction of sp³-hybridized carbons (Fsp3) is 0.150. The number of benzene rings is 1. The van der Waals surface area contributed by atoms with Crippen LogP contribution in [0.1, 0.15) is 5.01 Å². The zero-order valence-electron chi connectivity index (χ0n) is 15.1. The number of carbonyl (C=O) groups excluding carboxylic acids is 2. The Morgan fingerprint density at radius 1 is 1.11 bits per heavy atom. The predicted molar refractivity (Wildman–Crippen MR) is 104 cm³/mol. The van der Waals surface area contributed by atoms with Gasteiger partial charge in [0.15, 0.2) is 0 Å². The van der Waals surface area contributed by atoms with Crippen molar-refractivity contribution in [3.05, 3.63) is 70.4 Å². The van der Waals surface area contributed by atoms with E-state index in [1.54, 1.807) is 34.6 Å². The van der Waals surface area contributed by atoms with Crippen LogP contribution in [0, 0.1) is 6.92 Å². The SMILES string of the molecule is COC(=O)C1=C(C(=O)OC)N(c2cccc(-c3csc(C)n3)c2)C=CC=C1. The maximum Gasteiger partial charge on any atom is 0.355 e. The summed E-state index contributed by atoms with van der Waals surface area (Å²) in [6.45, 7) is 1.95. The Balaban J connectivity index is 2.13. The van der Waals surface area contributed by atoms with E-state index in [1.807, 2.05) is 36.6 Å². The molecule has 1 aromatic carbocycles. The first-order chi connectivity index (χ1) is 13.0. The molecule has 0 fully saturated rings. The first-order valence-corrected chi connectivity index (χ1v) is 9.00. The van der Waals surface area contributed by atoms with Crippen molar-refractivity contribution in [2.75, 3.05) is 19.1 Å². The third kappa shape index (κ3) is 3.83. The third-order valence-corrected chi connectivity index (χ3v) is 4.70. The van der Waals surface area contributed by atoms with Crippen LogP contribution in [0.25, 0.3) is 11.3 Å². The van der Waals surface area contributed by atoms with Crippen LogP contribution in [-0.4, -0.2) is 31.1 Å². The minimum Gasteiger partial charge on any atom is -0.465 e. The molecule has 0 unspecified atom stereocenters. The Bertz CT molecular complexity index is 972. The first kappa shape index (κ1) is 18.6. The smallest absolute Gasteiger partial charge is 0.355 e. The van der Waals surface area contributed by atoms with Crippen molar-refractivity contribution in [3.8, 4) is 11.3 Å². The van der Waals surface area contributed by atoms with Crippen LogP contribution in [0.15, 0.2) is 65.3 Å². The molecule has 0 N–H and O–H groups in total. The van der Waals surface area contributed by atoms with Gasteiger partial charge in [-0.25, -0.2) is 14.6 Å². The molecule has 0 radical (unpaired) electrons. The number of ether oxygens (including phenoxy) is 2. The van der Waals surface area contributed by atoms with Crippen LogP contribution in [0.2, 0.25) is 0 Å². The van der Waals surface area contributed by atoms with Gasteiger partial charge in [0.2, 0.25) is 0 Å². The van der Waals surface area contributed by atoms with Gasteiger partial charge in [-0.2, -0.15) is 0 Å². The monoisotopic (exact) mass is 382 g/mol. The molecule has 1 aromatic heterocycles. The molecule has 3 rings (SSSR count). The zero-order valence-corrected chi connectivity index (χ0v) is 15.9. The van der Waals surface area contributed by atoms with Gasteiger partial charge < -0.3 is 14.4 Å². The normalized spacial score (nSPS) is 13.5. The summed E-state index contributed by atoms with van der Waals surface area (Å²) >= 11 is 1.57. The van der Waals surface area contributed by atoms with Crippen LogP contribution in [-0.2, 0) is 19.1 Å². The van der Waals surface area contributed by atoms with Crippen LogP contribution in [0.3, 0.4) is 0 Å². The highest BCUT2D eigenvalue weighted by Crippen LogP contribution is 2.30. The Hall–Kier alpha value is -3.19. The van der Waals surface area contributed by atoms with E-state index >= 15 is 0 Å². The summed E-state index contributed by atoms with van der Waals surface area (Å²) in [5.74, 6) is -1.26. The quantitative estimate of drug-likeness (QED) is 0.753. The third-order valence-electron chi connectivity index (χ3n) is 3.93. The van der Waals surface area contributed by atoms with Gasteiger partial charge in [-0.05, 0) is 31.2 Å². The van der Waals surface area contributed by atoms with Gasteiger partial charge in [0.1, 0.15) is 5.70 Å².